The van der Waals surface area contributed by atoms with Gasteiger partial charge in [0.15, 0.2) is 0 Å². The zero-order valence-corrected chi connectivity index (χ0v) is 18.9. The van der Waals surface area contributed by atoms with Crippen molar-refractivity contribution in [2.75, 3.05) is 16.2 Å². The van der Waals surface area contributed by atoms with Crippen LogP contribution in [0.5, 0.6) is 0 Å². The minimum atomic E-state index is -4.41. The zero-order chi connectivity index (χ0) is 22.4. The van der Waals surface area contributed by atoms with Gasteiger partial charge in [-0.15, -0.1) is 4.40 Å². The molecule has 0 spiro atoms. The number of fused-ring (bicyclic) bond motifs is 2. The molecule has 1 aromatic carbocycles. The van der Waals surface area contributed by atoms with E-state index >= 15 is 0 Å². The standard InChI is InChI=1S/C21H29N5O4S/c1-21(2,28)13-26(16-11-22-25(3)12-16)31(29,30)24-20(27)23-19-17-8-4-6-14(17)10-15-7-5-9-18(15)19/h10-12,28H,4-9,13H2,1-3H3,(H2,23,24,27)/p-1. The molecule has 0 amide bonds. The molecule has 9 nitrogen and oxygen atoms in total. The number of aryl methyl sites for hydroxylation is 3. The Morgan fingerprint density at radius 2 is 1.87 bits per heavy atom. The summed E-state index contributed by atoms with van der Waals surface area (Å²) < 4.78 is 31.9. The molecule has 0 aliphatic heterocycles. The number of nitrogens with zero attached hydrogens (tertiary/aromatic N) is 4. The van der Waals surface area contributed by atoms with E-state index in [0.29, 0.717) is 0 Å². The summed E-state index contributed by atoms with van der Waals surface area (Å²) in [6.07, 6.45) is 8.58. The summed E-state index contributed by atoms with van der Waals surface area (Å²) in [5, 5.41) is 29.8. The number of hydrogen-bond acceptors (Lipinski definition) is 5. The lowest BCUT2D eigenvalue weighted by molar-refractivity contribution is -0.213. The third kappa shape index (κ3) is 4.54. The summed E-state index contributed by atoms with van der Waals surface area (Å²) in [5.74, 6) is 0. The van der Waals surface area contributed by atoms with E-state index < -0.39 is 21.8 Å². The van der Waals surface area contributed by atoms with E-state index in [1.165, 1.54) is 42.0 Å². The molecule has 2 aliphatic rings. The highest BCUT2D eigenvalue weighted by Crippen LogP contribution is 2.38. The predicted molar refractivity (Wildman–Crippen MR) is 117 cm³/mol. The minimum absolute atomic E-state index is 0.225. The van der Waals surface area contributed by atoms with Crippen LogP contribution < -0.4 is 14.7 Å². The number of hydrogen-bond donors (Lipinski definition) is 2. The van der Waals surface area contributed by atoms with Crippen LogP contribution in [0.1, 0.15) is 48.9 Å². The SMILES string of the molecule is Cn1cc(N(CC(C)(C)O)S(=O)(=O)/N=C(\[O-])Nc2c3c(cc4c2CCC4)CCC3)cn1. The Bertz CT molecular complexity index is 1100. The highest BCUT2D eigenvalue weighted by Gasteiger charge is 2.29. The largest absolute Gasteiger partial charge is 0.845 e. The van der Waals surface area contributed by atoms with Gasteiger partial charge in [0, 0.05) is 18.9 Å². The van der Waals surface area contributed by atoms with Crippen LogP contribution in [0.4, 0.5) is 11.4 Å². The Morgan fingerprint density at radius 3 is 2.39 bits per heavy atom. The first-order chi connectivity index (χ1) is 14.5. The lowest BCUT2D eigenvalue weighted by Gasteiger charge is -2.28. The van der Waals surface area contributed by atoms with Crippen LogP contribution in [-0.4, -0.2) is 41.5 Å². The summed E-state index contributed by atoms with van der Waals surface area (Å²) in [6, 6.07) is 1.31. The molecule has 2 N–H and O–H groups in total. The average molecular weight is 447 g/mol. The Morgan fingerprint density at radius 1 is 1.26 bits per heavy atom. The van der Waals surface area contributed by atoms with Gasteiger partial charge in [-0.3, -0.25) is 4.68 Å². The predicted octanol–water partition coefficient (Wildman–Crippen LogP) is 1.05. The maximum atomic E-state index is 13.0. The van der Waals surface area contributed by atoms with Gasteiger partial charge in [0.2, 0.25) is 0 Å². The minimum Gasteiger partial charge on any atom is -0.845 e. The third-order valence-corrected chi connectivity index (χ3v) is 6.98. The van der Waals surface area contributed by atoms with Crippen LogP contribution in [0.15, 0.2) is 22.9 Å². The second-order valence-electron chi connectivity index (χ2n) is 8.92. The summed E-state index contributed by atoms with van der Waals surface area (Å²) in [7, 11) is -2.76. The molecule has 0 radical (unpaired) electrons. The molecule has 0 atom stereocenters. The molecule has 1 aromatic heterocycles. The molecule has 2 aliphatic carbocycles. The van der Waals surface area contributed by atoms with Crippen LogP contribution in [0.25, 0.3) is 0 Å². The molecule has 168 valence electrons. The lowest BCUT2D eigenvalue weighted by Crippen LogP contribution is -2.43. The number of nitrogens with one attached hydrogen (secondary N) is 1. The van der Waals surface area contributed by atoms with Gasteiger partial charge in [0.1, 0.15) is 0 Å². The van der Waals surface area contributed by atoms with E-state index in [2.05, 4.69) is 20.9 Å². The van der Waals surface area contributed by atoms with Crippen LogP contribution in [0.2, 0.25) is 0 Å². The van der Waals surface area contributed by atoms with Crippen molar-refractivity contribution in [3.63, 3.8) is 0 Å². The Labute approximate surface area is 182 Å². The molecule has 1 heterocycles. The number of benzene rings is 1. The van der Waals surface area contributed by atoms with Gasteiger partial charge in [0.25, 0.3) is 0 Å². The van der Waals surface area contributed by atoms with Crippen molar-refractivity contribution >= 4 is 27.6 Å². The van der Waals surface area contributed by atoms with Gasteiger partial charge in [0.05, 0.1) is 30.1 Å². The second kappa shape index (κ2) is 7.83. The van der Waals surface area contributed by atoms with E-state index in [1.54, 1.807) is 7.05 Å². The molecule has 31 heavy (non-hydrogen) atoms. The van der Waals surface area contributed by atoms with Gasteiger partial charge in [-0.2, -0.15) is 13.5 Å². The molecule has 0 saturated heterocycles. The fourth-order valence-electron chi connectivity index (χ4n) is 4.45. The molecular formula is C21H28N5O4S-. The third-order valence-electron chi connectivity index (χ3n) is 5.69. The topological polar surface area (TPSA) is 123 Å². The molecule has 0 fully saturated rings. The molecule has 2 aromatic rings. The van der Waals surface area contributed by atoms with E-state index in [1.807, 2.05) is 0 Å². The van der Waals surface area contributed by atoms with Crippen molar-refractivity contribution in [3.05, 3.63) is 40.7 Å². The lowest BCUT2D eigenvalue weighted by atomic mass is 9.99. The van der Waals surface area contributed by atoms with Crippen molar-refractivity contribution in [3.8, 4) is 0 Å². The monoisotopic (exact) mass is 446 g/mol. The number of anilines is 2. The Kier molecular flexibility index (Phi) is 5.47. The number of amidine groups is 1. The first-order valence-corrected chi connectivity index (χ1v) is 11.9. The zero-order valence-electron chi connectivity index (χ0n) is 18.1. The first-order valence-electron chi connectivity index (χ1n) is 10.5. The molecule has 4 rings (SSSR count). The van der Waals surface area contributed by atoms with Crippen LogP contribution >= 0.6 is 0 Å². The highest BCUT2D eigenvalue weighted by atomic mass is 32.2. The van der Waals surface area contributed by atoms with Crippen LogP contribution in [0, 0.1) is 0 Å². The molecular weight excluding hydrogens is 418 g/mol. The number of aromatic nitrogens is 2. The Balaban J connectivity index is 1.67. The quantitative estimate of drug-likeness (QED) is 0.505. The van der Waals surface area contributed by atoms with Crippen molar-refractivity contribution in [2.45, 2.75) is 58.0 Å². The molecule has 10 heteroatoms. The average Bonchev–Trinajstić information content (AvgIpc) is 3.38. The van der Waals surface area contributed by atoms with Crippen LogP contribution in [-0.2, 0) is 42.9 Å². The van der Waals surface area contributed by atoms with E-state index in [4.69, 9.17) is 0 Å². The summed E-state index contributed by atoms with van der Waals surface area (Å²) in [5.41, 5.74) is 4.29. The highest BCUT2D eigenvalue weighted by molar-refractivity contribution is 7.91. The van der Waals surface area contributed by atoms with Gasteiger partial charge in [-0.05, 0) is 74.6 Å². The van der Waals surface area contributed by atoms with Crippen molar-refractivity contribution in [1.82, 2.24) is 9.78 Å². The number of rotatable bonds is 6. The second-order valence-corrected chi connectivity index (χ2v) is 10.4. The molecule has 0 saturated carbocycles. The first kappa shape index (κ1) is 21.6. The van der Waals surface area contributed by atoms with Gasteiger partial charge in [-0.1, -0.05) is 6.07 Å². The van der Waals surface area contributed by atoms with Crippen molar-refractivity contribution in [1.29, 1.82) is 0 Å². The van der Waals surface area contributed by atoms with E-state index in [9.17, 15) is 18.6 Å². The molecule has 0 unspecified atom stereocenters. The normalized spacial score (nSPS) is 16.3. The summed E-state index contributed by atoms with van der Waals surface area (Å²) in [4.78, 5) is 0. The fraction of sp³-hybridized carbons (Fsp3) is 0.524. The maximum Gasteiger partial charge on any atom is 0.345 e. The smallest absolute Gasteiger partial charge is 0.345 e. The van der Waals surface area contributed by atoms with Crippen molar-refractivity contribution < 1.29 is 18.6 Å². The van der Waals surface area contributed by atoms with Gasteiger partial charge >= 0.3 is 10.2 Å². The maximum absolute atomic E-state index is 13.0. The summed E-state index contributed by atoms with van der Waals surface area (Å²) >= 11 is 0. The fourth-order valence-corrected chi connectivity index (χ4v) is 5.64. The Hall–Kier alpha value is -2.59. The van der Waals surface area contributed by atoms with Gasteiger partial charge in [-0.25, -0.2) is 4.31 Å². The van der Waals surface area contributed by atoms with E-state index in [0.717, 1.165) is 59.6 Å². The molecule has 0 bridgehead atoms. The summed E-state index contributed by atoms with van der Waals surface area (Å²) in [6.45, 7) is 2.71. The van der Waals surface area contributed by atoms with Crippen LogP contribution in [0.3, 0.4) is 0 Å². The van der Waals surface area contributed by atoms with E-state index in [-0.39, 0.29) is 12.2 Å². The van der Waals surface area contributed by atoms with Gasteiger partial charge < -0.3 is 15.5 Å². The van der Waals surface area contributed by atoms with Crippen molar-refractivity contribution in [2.24, 2.45) is 11.4 Å². The number of aliphatic hydroxyl groups is 1.